The summed E-state index contributed by atoms with van der Waals surface area (Å²) >= 11 is 0. The predicted octanol–water partition coefficient (Wildman–Crippen LogP) is 2.77. The number of nitrogens with one attached hydrogen (secondary N) is 1. The molecule has 0 radical (unpaired) electrons. The van der Waals surface area contributed by atoms with Crippen LogP contribution in [0, 0.1) is 0 Å². The van der Waals surface area contributed by atoms with Crippen molar-refractivity contribution in [1.29, 1.82) is 0 Å². The molecule has 2 heterocycles. The predicted molar refractivity (Wildman–Crippen MR) is 105 cm³/mol. The number of ether oxygens (including phenoxy) is 1. The molecule has 0 aliphatic heterocycles. The highest BCUT2D eigenvalue weighted by atomic mass is 16.5. The van der Waals surface area contributed by atoms with Crippen molar-refractivity contribution in [3.8, 4) is 17.2 Å². The number of carbonyl (C=O) groups excluding carboxylic acids is 1. The number of hydrogen-bond donors (Lipinski definition) is 2. The Bertz CT molecular complexity index is 1100. The summed E-state index contributed by atoms with van der Waals surface area (Å²) in [7, 11) is 1.54. The van der Waals surface area contributed by atoms with Crippen LogP contribution in [-0.4, -0.2) is 33.7 Å². The molecular formula is C21H21N3O4. The van der Waals surface area contributed by atoms with E-state index in [9.17, 15) is 14.7 Å². The van der Waals surface area contributed by atoms with Crippen molar-refractivity contribution in [2.75, 3.05) is 7.11 Å². The second-order valence-electron chi connectivity index (χ2n) is 6.90. The van der Waals surface area contributed by atoms with E-state index in [2.05, 4.69) is 10.3 Å². The number of aromatic nitrogens is 2. The number of benzene rings is 1. The van der Waals surface area contributed by atoms with E-state index in [1.165, 1.54) is 17.9 Å². The van der Waals surface area contributed by atoms with E-state index in [4.69, 9.17) is 4.74 Å². The van der Waals surface area contributed by atoms with Crippen LogP contribution in [-0.2, 0) is 0 Å². The zero-order chi connectivity index (χ0) is 19.7. The van der Waals surface area contributed by atoms with Crippen molar-refractivity contribution in [3.05, 3.63) is 58.5 Å². The summed E-state index contributed by atoms with van der Waals surface area (Å²) in [6.07, 6.45) is 5.40. The summed E-state index contributed by atoms with van der Waals surface area (Å²) in [4.78, 5) is 30.4. The van der Waals surface area contributed by atoms with Gasteiger partial charge in [0.15, 0.2) is 5.65 Å². The molecule has 0 spiro atoms. The summed E-state index contributed by atoms with van der Waals surface area (Å²) in [6.45, 7) is 0. The Morgan fingerprint density at radius 2 is 2.04 bits per heavy atom. The molecule has 2 N–H and O–H groups in total. The van der Waals surface area contributed by atoms with Crippen LogP contribution in [0.15, 0.2) is 47.4 Å². The molecule has 3 aromatic rings. The van der Waals surface area contributed by atoms with E-state index in [1.54, 1.807) is 36.4 Å². The number of aromatic hydroxyl groups is 1. The lowest BCUT2D eigenvalue weighted by Crippen LogP contribution is -2.37. The van der Waals surface area contributed by atoms with Gasteiger partial charge in [-0.2, -0.15) is 0 Å². The molecule has 1 amide bonds. The molecular weight excluding hydrogens is 358 g/mol. The fourth-order valence-corrected chi connectivity index (χ4v) is 3.73. The third-order valence-electron chi connectivity index (χ3n) is 5.14. The minimum Gasteiger partial charge on any atom is -0.506 e. The molecule has 1 saturated carbocycles. The highest BCUT2D eigenvalue weighted by Gasteiger charge is 2.26. The third kappa shape index (κ3) is 3.09. The average Bonchev–Trinajstić information content (AvgIpc) is 3.21. The molecule has 0 bridgehead atoms. The first-order valence-electron chi connectivity index (χ1n) is 9.28. The highest BCUT2D eigenvalue weighted by molar-refractivity contribution is 6.02. The minimum atomic E-state index is -0.618. The Kier molecular flexibility index (Phi) is 4.73. The van der Waals surface area contributed by atoms with Gasteiger partial charge in [-0.05, 0) is 37.1 Å². The number of methoxy groups -OCH3 is 1. The normalized spacial score (nSPS) is 14.3. The van der Waals surface area contributed by atoms with Gasteiger partial charge in [-0.1, -0.05) is 18.9 Å². The van der Waals surface area contributed by atoms with Gasteiger partial charge in [0.25, 0.3) is 11.5 Å². The van der Waals surface area contributed by atoms with Gasteiger partial charge in [-0.3, -0.25) is 14.2 Å². The van der Waals surface area contributed by atoms with Gasteiger partial charge in [0.05, 0.1) is 18.2 Å². The first kappa shape index (κ1) is 18.0. The molecule has 7 heteroatoms. The maximum atomic E-state index is 13.3. The van der Waals surface area contributed by atoms with Gasteiger partial charge in [0.1, 0.15) is 17.1 Å². The number of carbonyl (C=O) groups is 1. The van der Waals surface area contributed by atoms with Gasteiger partial charge >= 0.3 is 0 Å². The molecule has 28 heavy (non-hydrogen) atoms. The monoisotopic (exact) mass is 379 g/mol. The summed E-state index contributed by atoms with van der Waals surface area (Å²) in [6, 6.07) is 10.3. The highest BCUT2D eigenvalue weighted by Crippen LogP contribution is 2.28. The zero-order valence-electron chi connectivity index (χ0n) is 15.5. The standard InChI is InChI=1S/C21H21N3O4/c1-28-15-9-4-8-14(12-15)24-19-16(10-5-11-22-19)18(25)17(21(24)27)20(26)23-13-6-2-3-7-13/h4-5,8-13,25H,2-3,6-7H2,1H3,(H,23,26). The van der Waals surface area contributed by atoms with Crippen LogP contribution in [0.25, 0.3) is 16.7 Å². The fourth-order valence-electron chi connectivity index (χ4n) is 3.73. The Hall–Kier alpha value is -3.35. The Morgan fingerprint density at radius 1 is 1.25 bits per heavy atom. The maximum absolute atomic E-state index is 13.3. The van der Waals surface area contributed by atoms with Crippen molar-refractivity contribution in [1.82, 2.24) is 14.9 Å². The van der Waals surface area contributed by atoms with Crippen LogP contribution in [0.3, 0.4) is 0 Å². The van der Waals surface area contributed by atoms with Crippen molar-refractivity contribution in [2.24, 2.45) is 0 Å². The largest absolute Gasteiger partial charge is 0.506 e. The van der Waals surface area contributed by atoms with Crippen molar-refractivity contribution < 1.29 is 14.6 Å². The van der Waals surface area contributed by atoms with Gasteiger partial charge in [0, 0.05) is 18.3 Å². The number of rotatable bonds is 4. The van der Waals surface area contributed by atoms with E-state index in [0.29, 0.717) is 16.8 Å². The fraction of sp³-hybridized carbons (Fsp3) is 0.286. The molecule has 1 aromatic carbocycles. The first-order chi connectivity index (χ1) is 13.6. The second kappa shape index (κ2) is 7.34. The molecule has 0 saturated heterocycles. The average molecular weight is 379 g/mol. The van der Waals surface area contributed by atoms with Crippen LogP contribution in [0.4, 0.5) is 0 Å². The number of nitrogens with zero attached hydrogens (tertiary/aromatic N) is 2. The van der Waals surface area contributed by atoms with E-state index >= 15 is 0 Å². The minimum absolute atomic E-state index is 0.0289. The van der Waals surface area contributed by atoms with Crippen LogP contribution >= 0.6 is 0 Å². The topological polar surface area (TPSA) is 93.5 Å². The Labute approximate surface area is 161 Å². The van der Waals surface area contributed by atoms with E-state index < -0.39 is 11.5 Å². The van der Waals surface area contributed by atoms with Gasteiger partial charge in [-0.25, -0.2) is 4.98 Å². The SMILES string of the molecule is COc1cccc(-n2c(=O)c(C(=O)NC3CCCC3)c(O)c3cccnc32)c1. The molecule has 0 atom stereocenters. The summed E-state index contributed by atoms with van der Waals surface area (Å²) in [5, 5.41) is 13.9. The van der Waals surface area contributed by atoms with Gasteiger partial charge in [0.2, 0.25) is 0 Å². The van der Waals surface area contributed by atoms with Crippen LogP contribution in [0.2, 0.25) is 0 Å². The Balaban J connectivity index is 1.93. The number of amides is 1. The van der Waals surface area contributed by atoms with E-state index in [0.717, 1.165) is 25.7 Å². The molecule has 2 aromatic heterocycles. The maximum Gasteiger partial charge on any atom is 0.273 e. The first-order valence-corrected chi connectivity index (χ1v) is 9.28. The lowest BCUT2D eigenvalue weighted by molar-refractivity contribution is 0.0933. The number of hydrogen-bond acceptors (Lipinski definition) is 5. The Morgan fingerprint density at radius 3 is 2.79 bits per heavy atom. The van der Waals surface area contributed by atoms with Gasteiger partial charge < -0.3 is 15.2 Å². The molecule has 1 aliphatic carbocycles. The van der Waals surface area contributed by atoms with Crippen molar-refractivity contribution in [2.45, 2.75) is 31.7 Å². The summed E-state index contributed by atoms with van der Waals surface area (Å²) in [5.41, 5.74) is -0.110. The van der Waals surface area contributed by atoms with Crippen LogP contribution < -0.4 is 15.6 Å². The molecule has 0 unspecified atom stereocenters. The lowest BCUT2D eigenvalue weighted by atomic mass is 10.1. The van der Waals surface area contributed by atoms with Crippen LogP contribution in [0.1, 0.15) is 36.0 Å². The second-order valence-corrected chi connectivity index (χ2v) is 6.90. The smallest absolute Gasteiger partial charge is 0.273 e. The van der Waals surface area contributed by atoms with E-state index in [-0.39, 0.29) is 23.0 Å². The molecule has 1 fully saturated rings. The quantitative estimate of drug-likeness (QED) is 0.727. The van der Waals surface area contributed by atoms with Gasteiger partial charge in [-0.15, -0.1) is 0 Å². The molecule has 1 aliphatic rings. The van der Waals surface area contributed by atoms with E-state index in [1.807, 2.05) is 0 Å². The summed E-state index contributed by atoms with van der Waals surface area (Å²) in [5.74, 6) is -0.335. The summed E-state index contributed by atoms with van der Waals surface area (Å²) < 4.78 is 6.59. The molecule has 4 rings (SSSR count). The van der Waals surface area contributed by atoms with Crippen molar-refractivity contribution >= 4 is 16.9 Å². The lowest BCUT2D eigenvalue weighted by Gasteiger charge is -2.16. The van der Waals surface area contributed by atoms with Crippen LogP contribution in [0.5, 0.6) is 11.5 Å². The third-order valence-corrected chi connectivity index (χ3v) is 5.14. The molecule has 144 valence electrons. The van der Waals surface area contributed by atoms with Crippen molar-refractivity contribution in [3.63, 3.8) is 0 Å². The zero-order valence-corrected chi connectivity index (χ0v) is 15.5. The number of pyridine rings is 2. The number of fused-ring (bicyclic) bond motifs is 1. The molecule has 7 nitrogen and oxygen atoms in total.